The molecule has 0 bridgehead atoms. The van der Waals surface area contributed by atoms with Crippen molar-refractivity contribution in [1.29, 1.82) is 5.41 Å². The summed E-state index contributed by atoms with van der Waals surface area (Å²) >= 11 is 0. The number of nitrogens with zero attached hydrogens (tertiary/aromatic N) is 5. The van der Waals surface area contributed by atoms with E-state index in [1.807, 2.05) is 0 Å². The van der Waals surface area contributed by atoms with Crippen molar-refractivity contribution in [2.75, 3.05) is 18.5 Å². The van der Waals surface area contributed by atoms with E-state index >= 15 is 0 Å². The maximum atomic E-state index is 13.0. The van der Waals surface area contributed by atoms with Gasteiger partial charge in [-0.2, -0.15) is 9.41 Å². The minimum atomic E-state index is -3.67. The molecule has 1 saturated heterocycles. The Bertz CT molecular complexity index is 1650. The molecule has 1 fully saturated rings. The summed E-state index contributed by atoms with van der Waals surface area (Å²) in [6.07, 6.45) is 1.64. The second-order valence-electron chi connectivity index (χ2n) is 7.74. The monoisotopic (exact) mass is 480 g/mol. The van der Waals surface area contributed by atoms with Crippen molar-refractivity contribution in [2.45, 2.75) is 17.7 Å². The Balaban J connectivity index is 1.60. The van der Waals surface area contributed by atoms with E-state index in [-0.39, 0.29) is 38.5 Å². The van der Waals surface area contributed by atoms with E-state index in [4.69, 9.17) is 5.41 Å². The summed E-state index contributed by atoms with van der Waals surface area (Å²) in [7, 11) is -3.67. The zero-order valence-corrected chi connectivity index (χ0v) is 18.5. The van der Waals surface area contributed by atoms with Crippen LogP contribution in [0.4, 0.5) is 11.4 Å². The number of nitrogens with one attached hydrogen (secondary N) is 3. The fraction of sp³-hybridized carbons (Fsp3) is 0.190. The Morgan fingerprint density at radius 2 is 1.79 bits per heavy atom. The molecule has 174 valence electrons. The number of phenols is 1. The number of rotatable bonds is 5. The normalized spacial score (nSPS) is 16.0. The fourth-order valence-corrected chi connectivity index (χ4v) is 5.28. The van der Waals surface area contributed by atoms with E-state index in [1.54, 1.807) is 18.2 Å². The van der Waals surface area contributed by atoms with Crippen molar-refractivity contribution in [3.05, 3.63) is 58.8 Å². The fourth-order valence-electron chi connectivity index (χ4n) is 3.73. The molecule has 5 N–H and O–H groups in total. The van der Waals surface area contributed by atoms with Gasteiger partial charge in [0, 0.05) is 18.5 Å². The zero-order valence-electron chi connectivity index (χ0n) is 17.7. The van der Waals surface area contributed by atoms with Crippen molar-refractivity contribution < 1.29 is 18.6 Å². The van der Waals surface area contributed by atoms with Gasteiger partial charge in [-0.15, -0.1) is 10.2 Å². The van der Waals surface area contributed by atoms with Gasteiger partial charge in [-0.1, -0.05) is 0 Å². The number of sulfonamides is 1. The molecule has 1 aliphatic rings. The molecule has 3 heterocycles. The quantitative estimate of drug-likeness (QED) is 0.206. The lowest BCUT2D eigenvalue weighted by Gasteiger charge is -2.15. The first-order valence-corrected chi connectivity index (χ1v) is 11.8. The maximum Gasteiger partial charge on any atom is 0.243 e. The minimum Gasteiger partial charge on any atom is -0.508 e. The summed E-state index contributed by atoms with van der Waals surface area (Å²) in [6.45, 7) is 0.953. The molecule has 2 aromatic heterocycles. The van der Waals surface area contributed by atoms with Crippen LogP contribution in [-0.2, 0) is 10.0 Å². The first kappa shape index (κ1) is 21.7. The highest BCUT2D eigenvalue weighted by Gasteiger charge is 2.28. The van der Waals surface area contributed by atoms with Crippen molar-refractivity contribution >= 4 is 32.3 Å². The first-order valence-electron chi connectivity index (χ1n) is 10.4. The lowest BCUT2D eigenvalue weighted by atomic mass is 10.2. The molecule has 12 nitrogen and oxygen atoms in total. The van der Waals surface area contributed by atoms with E-state index in [2.05, 4.69) is 30.7 Å². The smallest absolute Gasteiger partial charge is 0.243 e. The number of H-pyrrole nitrogens is 1. The van der Waals surface area contributed by atoms with Gasteiger partial charge in [0.05, 0.1) is 16.1 Å². The van der Waals surface area contributed by atoms with Crippen LogP contribution < -0.4 is 21.8 Å². The van der Waals surface area contributed by atoms with Gasteiger partial charge in [0.25, 0.3) is 0 Å². The number of anilines is 1. The summed E-state index contributed by atoms with van der Waals surface area (Å²) in [5.74, 6) is -0.183. The van der Waals surface area contributed by atoms with E-state index in [9.17, 15) is 18.6 Å². The molecule has 4 aromatic rings. The van der Waals surface area contributed by atoms with Gasteiger partial charge in [-0.25, -0.2) is 13.4 Å². The number of hydrogen-bond donors (Lipinski definition) is 5. The molecule has 5 rings (SSSR count). The molecule has 34 heavy (non-hydrogen) atoms. The predicted octanol–water partition coefficient (Wildman–Crippen LogP) is 0.669. The average molecular weight is 481 g/mol. The third-order valence-electron chi connectivity index (χ3n) is 5.49. The third kappa shape index (κ3) is 3.91. The molecule has 1 aliphatic heterocycles. The minimum absolute atomic E-state index is 0.0275. The van der Waals surface area contributed by atoms with E-state index in [1.165, 1.54) is 28.6 Å². The van der Waals surface area contributed by atoms with Crippen LogP contribution in [0.25, 0.3) is 10.9 Å². The summed E-state index contributed by atoms with van der Waals surface area (Å²) in [5.41, 5.74) is 3.59. The van der Waals surface area contributed by atoms with E-state index in [0.29, 0.717) is 29.7 Å². The van der Waals surface area contributed by atoms with Gasteiger partial charge in [-0.3, -0.25) is 10.8 Å². The van der Waals surface area contributed by atoms with Crippen molar-refractivity contribution in [3.63, 3.8) is 0 Å². The topological polar surface area (TPSA) is 180 Å². The highest BCUT2D eigenvalue weighted by Crippen LogP contribution is 2.36. The number of benzene rings is 2. The van der Waals surface area contributed by atoms with Crippen LogP contribution in [0, 0.1) is 5.41 Å². The van der Waals surface area contributed by atoms with Gasteiger partial charge in [-0.05, 0) is 55.3 Å². The van der Waals surface area contributed by atoms with Gasteiger partial charge in [0.15, 0.2) is 10.8 Å². The number of phenolic OH excluding ortho intramolecular Hbond substituents is 1. The van der Waals surface area contributed by atoms with Crippen molar-refractivity contribution in [3.8, 4) is 11.6 Å². The molecule has 0 spiro atoms. The number of hydrogen-bond acceptors (Lipinski definition) is 10. The van der Waals surface area contributed by atoms with Gasteiger partial charge in [0.1, 0.15) is 11.4 Å². The summed E-state index contributed by atoms with van der Waals surface area (Å²) < 4.78 is 27.4. The second kappa shape index (κ2) is 8.35. The summed E-state index contributed by atoms with van der Waals surface area (Å²) in [6, 6.07) is 10.7. The van der Waals surface area contributed by atoms with E-state index in [0.717, 1.165) is 12.8 Å². The molecule has 0 saturated carbocycles. The van der Waals surface area contributed by atoms with E-state index < -0.39 is 10.0 Å². The highest BCUT2D eigenvalue weighted by atomic mass is 32.2. The average Bonchev–Trinajstić information content (AvgIpc) is 3.54. The lowest BCUT2D eigenvalue weighted by molar-refractivity contribution is 0.459. The van der Waals surface area contributed by atoms with Gasteiger partial charge >= 0.3 is 0 Å². The third-order valence-corrected chi connectivity index (χ3v) is 7.38. The Morgan fingerprint density at radius 1 is 1.06 bits per heavy atom. The standard InChI is InChI=1S/C21H20N8O4S/c22-19-18(26-25-12-3-5-13(30)6-4-12)20(28-27-19)24-17-15-11-14(7-8-16(15)23-21(17)31)34(32,33)29-9-1-2-10-29/h3-8,11,22-23,25,30-31H,1-2,9-10H2/b22-19?,24-20?,26-18-. The summed E-state index contributed by atoms with van der Waals surface area (Å²) in [4.78, 5) is 7.22. The van der Waals surface area contributed by atoms with Crippen molar-refractivity contribution in [2.24, 2.45) is 10.1 Å². The number of aromatic hydroxyl groups is 2. The molecule has 0 radical (unpaired) electrons. The van der Waals surface area contributed by atoms with Crippen LogP contribution in [0.3, 0.4) is 0 Å². The highest BCUT2D eigenvalue weighted by molar-refractivity contribution is 7.89. The van der Waals surface area contributed by atoms with Gasteiger partial charge in [0.2, 0.25) is 21.4 Å². The number of aromatic amines is 1. The molecule has 0 amide bonds. The molecule has 2 aromatic carbocycles. The number of fused-ring (bicyclic) bond motifs is 1. The second-order valence-corrected chi connectivity index (χ2v) is 9.68. The number of aromatic nitrogens is 3. The Labute approximate surface area is 192 Å². The van der Waals surface area contributed by atoms with Crippen molar-refractivity contribution in [1.82, 2.24) is 19.5 Å². The Morgan fingerprint density at radius 3 is 2.53 bits per heavy atom. The maximum absolute atomic E-state index is 13.0. The molecule has 13 heteroatoms. The predicted molar refractivity (Wildman–Crippen MR) is 121 cm³/mol. The van der Waals surface area contributed by atoms with Crippen LogP contribution in [-0.4, -0.2) is 51.2 Å². The molecular weight excluding hydrogens is 460 g/mol. The Kier molecular flexibility index (Phi) is 5.34. The lowest BCUT2D eigenvalue weighted by Crippen LogP contribution is -2.34. The molecular formula is C21H20N8O4S. The van der Waals surface area contributed by atoms with Crippen LogP contribution in [0.15, 0.2) is 57.5 Å². The van der Waals surface area contributed by atoms with Gasteiger partial charge < -0.3 is 15.2 Å². The van der Waals surface area contributed by atoms with Crippen LogP contribution in [0.2, 0.25) is 0 Å². The zero-order chi connectivity index (χ0) is 23.9. The largest absolute Gasteiger partial charge is 0.508 e. The van der Waals surface area contributed by atoms with Crippen LogP contribution in [0.5, 0.6) is 11.6 Å². The summed E-state index contributed by atoms with van der Waals surface area (Å²) in [5, 5.41) is 39.9. The molecule has 0 aliphatic carbocycles. The first-order chi connectivity index (χ1) is 16.3. The Hall–Kier alpha value is -4.10. The molecule has 0 unspecified atom stereocenters. The SMILES string of the molecule is N=c1nnc(=Nc2c(O)[nH]c3ccc(S(=O)(=O)N4CCCC4)cc23)/c1=N\Nc1ccc(O)cc1. The molecule has 0 atom stereocenters. The van der Waals surface area contributed by atoms with Crippen LogP contribution >= 0.6 is 0 Å². The van der Waals surface area contributed by atoms with Crippen LogP contribution in [0.1, 0.15) is 12.8 Å².